The molecule has 0 spiro atoms. The van der Waals surface area contributed by atoms with Gasteiger partial charge < -0.3 is 21.3 Å². The fourth-order valence-corrected chi connectivity index (χ4v) is 3.61. The van der Waals surface area contributed by atoms with Crippen LogP contribution in [0.3, 0.4) is 0 Å². The number of hydrogen-bond donors (Lipinski definition) is 3. The maximum Gasteiger partial charge on any atom is 0.273 e. The van der Waals surface area contributed by atoms with Crippen molar-refractivity contribution < 1.29 is 4.79 Å². The number of nitriles is 1. The summed E-state index contributed by atoms with van der Waals surface area (Å²) in [6, 6.07) is 12.7. The molecule has 1 aliphatic rings. The third-order valence-corrected chi connectivity index (χ3v) is 5.23. The molecule has 0 saturated carbocycles. The number of anilines is 4. The third kappa shape index (κ3) is 4.55. The first-order valence-electron chi connectivity index (χ1n) is 9.51. The highest BCUT2D eigenvalue weighted by Gasteiger charge is 2.18. The summed E-state index contributed by atoms with van der Waals surface area (Å²) in [4.78, 5) is 18.4. The van der Waals surface area contributed by atoms with E-state index in [-0.39, 0.29) is 17.5 Å². The molecule has 10 heteroatoms. The van der Waals surface area contributed by atoms with E-state index in [2.05, 4.69) is 43.8 Å². The lowest BCUT2D eigenvalue weighted by Gasteiger charge is -2.26. The summed E-state index contributed by atoms with van der Waals surface area (Å²) in [6.07, 6.45) is 0.916. The van der Waals surface area contributed by atoms with Gasteiger partial charge in [0, 0.05) is 18.8 Å². The normalized spacial score (nSPS) is 13.2. The Morgan fingerprint density at radius 1 is 1.23 bits per heavy atom. The molecule has 4 N–H and O–H groups in total. The Labute approximate surface area is 183 Å². The van der Waals surface area contributed by atoms with Crippen molar-refractivity contribution in [2.24, 2.45) is 5.73 Å². The van der Waals surface area contributed by atoms with Crippen LogP contribution in [0.25, 0.3) is 0 Å². The molecule has 0 atom stereocenters. The summed E-state index contributed by atoms with van der Waals surface area (Å²) in [5, 5.41) is 23.6. The second-order valence-electron chi connectivity index (χ2n) is 7.23. The van der Waals surface area contributed by atoms with Crippen molar-refractivity contribution in [2.75, 3.05) is 24.2 Å². The van der Waals surface area contributed by atoms with Gasteiger partial charge in [-0.15, -0.1) is 10.2 Å². The minimum atomic E-state index is -0.776. The molecular formula is C21H19ClN8O. The van der Waals surface area contributed by atoms with E-state index >= 15 is 0 Å². The fraction of sp³-hybridized carbons (Fsp3) is 0.190. The number of nitrogens with zero attached hydrogens (tertiary/aromatic N) is 5. The average Bonchev–Trinajstić information content (AvgIpc) is 2.74. The van der Waals surface area contributed by atoms with Gasteiger partial charge in [-0.2, -0.15) is 10.2 Å². The van der Waals surface area contributed by atoms with Crippen LogP contribution in [0.15, 0.2) is 36.4 Å². The maximum absolute atomic E-state index is 11.8. The second-order valence-corrected chi connectivity index (χ2v) is 7.64. The zero-order chi connectivity index (χ0) is 22.0. The summed E-state index contributed by atoms with van der Waals surface area (Å²) >= 11 is 6.47. The minimum Gasteiger partial charge on any atom is -0.364 e. The number of nitrogens with one attached hydrogen (secondary N) is 2. The van der Waals surface area contributed by atoms with Gasteiger partial charge in [-0.1, -0.05) is 17.7 Å². The number of primary amides is 1. The van der Waals surface area contributed by atoms with Crippen molar-refractivity contribution in [3.05, 3.63) is 63.8 Å². The zero-order valence-corrected chi connectivity index (χ0v) is 17.4. The Hall–Kier alpha value is -3.74. The Morgan fingerprint density at radius 3 is 2.84 bits per heavy atom. The van der Waals surface area contributed by atoms with Gasteiger partial charge in [-0.05, 0) is 54.9 Å². The Morgan fingerprint density at radius 2 is 2.06 bits per heavy atom. The van der Waals surface area contributed by atoms with Gasteiger partial charge in [-0.25, -0.2) is 0 Å². The number of benzene rings is 2. The van der Waals surface area contributed by atoms with E-state index in [1.807, 2.05) is 12.1 Å². The van der Waals surface area contributed by atoms with Gasteiger partial charge in [0.1, 0.15) is 0 Å². The highest BCUT2D eigenvalue weighted by atomic mass is 35.5. The van der Waals surface area contributed by atoms with Crippen molar-refractivity contribution in [3.63, 3.8) is 0 Å². The lowest BCUT2D eigenvalue weighted by Crippen LogP contribution is -2.26. The monoisotopic (exact) mass is 434 g/mol. The molecule has 0 aliphatic carbocycles. The van der Waals surface area contributed by atoms with E-state index < -0.39 is 5.91 Å². The largest absolute Gasteiger partial charge is 0.364 e. The van der Waals surface area contributed by atoms with Crippen LogP contribution in [-0.2, 0) is 13.0 Å². The van der Waals surface area contributed by atoms with Gasteiger partial charge in [0.25, 0.3) is 5.91 Å². The van der Waals surface area contributed by atoms with Crippen LogP contribution in [0.4, 0.5) is 23.1 Å². The summed E-state index contributed by atoms with van der Waals surface area (Å²) in [7, 11) is 2.07. The number of rotatable bonds is 5. The molecule has 0 unspecified atom stereocenters. The Balaban J connectivity index is 1.65. The van der Waals surface area contributed by atoms with Crippen LogP contribution in [0.5, 0.6) is 0 Å². The molecule has 9 nitrogen and oxygen atoms in total. The number of hydrogen-bond acceptors (Lipinski definition) is 8. The Bertz CT molecular complexity index is 1210. The predicted octanol–water partition coefficient (Wildman–Crippen LogP) is 2.97. The van der Waals surface area contributed by atoms with E-state index in [4.69, 9.17) is 22.6 Å². The SMILES string of the molecule is CN1CCc2cc(Nc3nnc(C(N)=O)c(Nc4cccc(C#N)c4)n3)c(Cl)cc2C1. The molecule has 0 radical (unpaired) electrons. The molecule has 1 aliphatic heterocycles. The first-order valence-corrected chi connectivity index (χ1v) is 9.89. The van der Waals surface area contributed by atoms with Crippen LogP contribution in [0, 0.1) is 11.3 Å². The third-order valence-electron chi connectivity index (χ3n) is 4.91. The molecule has 3 aromatic rings. The lowest BCUT2D eigenvalue weighted by atomic mass is 9.99. The number of nitrogens with two attached hydrogens (primary N) is 1. The van der Waals surface area contributed by atoms with Crippen LogP contribution < -0.4 is 16.4 Å². The molecule has 0 saturated heterocycles. The van der Waals surface area contributed by atoms with E-state index in [0.29, 0.717) is 22.0 Å². The zero-order valence-electron chi connectivity index (χ0n) is 16.7. The minimum absolute atomic E-state index is 0.118. The van der Waals surface area contributed by atoms with Crippen molar-refractivity contribution >= 4 is 40.6 Å². The van der Waals surface area contributed by atoms with Crippen molar-refractivity contribution in [1.82, 2.24) is 20.1 Å². The van der Waals surface area contributed by atoms with Gasteiger partial charge in [0.2, 0.25) is 5.95 Å². The summed E-state index contributed by atoms with van der Waals surface area (Å²) in [6.45, 7) is 1.81. The van der Waals surface area contributed by atoms with Crippen molar-refractivity contribution in [3.8, 4) is 6.07 Å². The number of likely N-dealkylation sites (N-methyl/N-ethyl adjacent to an activating group) is 1. The number of carbonyl (C=O) groups excluding carboxylic acids is 1. The summed E-state index contributed by atoms with van der Waals surface area (Å²) in [5.74, 6) is -0.504. The van der Waals surface area contributed by atoms with Crippen LogP contribution >= 0.6 is 11.6 Å². The first kappa shape index (κ1) is 20.5. The molecule has 4 rings (SSSR count). The number of fused-ring (bicyclic) bond motifs is 1. The molecule has 0 fully saturated rings. The van der Waals surface area contributed by atoms with Gasteiger partial charge >= 0.3 is 0 Å². The van der Waals surface area contributed by atoms with E-state index in [0.717, 1.165) is 19.5 Å². The maximum atomic E-state index is 11.8. The molecule has 2 heterocycles. The fourth-order valence-electron chi connectivity index (χ4n) is 3.37. The molecule has 0 bridgehead atoms. The highest BCUT2D eigenvalue weighted by molar-refractivity contribution is 6.33. The molecule has 156 valence electrons. The van der Waals surface area contributed by atoms with Crippen LogP contribution in [0.2, 0.25) is 5.02 Å². The number of halogens is 1. The van der Waals surface area contributed by atoms with E-state index in [1.165, 1.54) is 11.1 Å². The van der Waals surface area contributed by atoms with Gasteiger partial charge in [-0.3, -0.25) is 4.79 Å². The molecular weight excluding hydrogens is 416 g/mol. The van der Waals surface area contributed by atoms with Gasteiger partial charge in [0.05, 0.1) is 22.3 Å². The van der Waals surface area contributed by atoms with Crippen molar-refractivity contribution in [1.29, 1.82) is 5.26 Å². The van der Waals surface area contributed by atoms with E-state index in [9.17, 15) is 4.79 Å². The number of amides is 1. The first-order chi connectivity index (χ1) is 14.9. The Kier molecular flexibility index (Phi) is 5.66. The number of aromatic nitrogens is 3. The molecule has 31 heavy (non-hydrogen) atoms. The molecule has 2 aromatic carbocycles. The molecule has 1 aromatic heterocycles. The second kappa shape index (κ2) is 8.55. The average molecular weight is 435 g/mol. The van der Waals surface area contributed by atoms with E-state index in [1.54, 1.807) is 24.3 Å². The number of carbonyl (C=O) groups is 1. The summed E-state index contributed by atoms with van der Waals surface area (Å²) < 4.78 is 0. The van der Waals surface area contributed by atoms with Crippen molar-refractivity contribution in [2.45, 2.75) is 13.0 Å². The topological polar surface area (TPSA) is 133 Å². The lowest BCUT2D eigenvalue weighted by molar-refractivity contribution is 0.0995. The highest BCUT2D eigenvalue weighted by Crippen LogP contribution is 2.31. The standard InChI is InChI=1S/C21H19ClN8O/c1-30-6-5-13-9-17(16(22)8-14(13)11-30)26-21-27-20(18(19(24)31)28-29-21)25-15-4-2-3-12(7-15)10-23/h2-4,7-9H,5-6,11H2,1H3,(H2,24,31)(H2,25,26,27,29). The smallest absolute Gasteiger partial charge is 0.273 e. The molecule has 1 amide bonds. The van der Waals surface area contributed by atoms with Crippen LogP contribution in [0.1, 0.15) is 27.2 Å². The summed E-state index contributed by atoms with van der Waals surface area (Å²) in [5.41, 5.74) is 9.36. The quantitative estimate of drug-likeness (QED) is 0.558. The van der Waals surface area contributed by atoms with Crippen LogP contribution in [-0.4, -0.2) is 39.6 Å². The van der Waals surface area contributed by atoms with Gasteiger partial charge in [0.15, 0.2) is 11.5 Å². The predicted molar refractivity (Wildman–Crippen MR) is 118 cm³/mol.